The standard InChI is InChI=1S/C26H21ClFN3O4/c1-35-18-6-4-5-17(14-18)31-15-21(19-7-2-3-8-20(19)26(31)34)25(33)29-12-11-24(32)30-16-9-10-23(28)22(27)13-16/h2-10,13-15H,11-12H2,1H3,(H,29,33)(H,30,32). The summed E-state index contributed by atoms with van der Waals surface area (Å²) in [5.74, 6) is -0.823. The van der Waals surface area contributed by atoms with Gasteiger partial charge in [0, 0.05) is 41.7 Å². The van der Waals surface area contributed by atoms with Gasteiger partial charge in [0.25, 0.3) is 11.5 Å². The van der Waals surface area contributed by atoms with Crippen LogP contribution < -0.4 is 20.9 Å². The summed E-state index contributed by atoms with van der Waals surface area (Å²) in [7, 11) is 1.53. The number of carbonyl (C=O) groups is 2. The molecule has 0 bridgehead atoms. The van der Waals surface area contributed by atoms with Crippen LogP contribution in [0.4, 0.5) is 10.1 Å². The average molecular weight is 494 g/mol. The van der Waals surface area contributed by atoms with Crippen molar-refractivity contribution in [2.24, 2.45) is 0 Å². The Hall–Kier alpha value is -4.17. The zero-order valence-corrected chi connectivity index (χ0v) is 19.4. The van der Waals surface area contributed by atoms with Gasteiger partial charge in [-0.15, -0.1) is 0 Å². The van der Waals surface area contributed by atoms with Gasteiger partial charge in [0.05, 0.1) is 23.4 Å². The number of hydrogen-bond acceptors (Lipinski definition) is 4. The lowest BCUT2D eigenvalue weighted by Gasteiger charge is -2.13. The lowest BCUT2D eigenvalue weighted by Crippen LogP contribution is -2.29. The number of rotatable bonds is 7. The third kappa shape index (κ3) is 5.33. The van der Waals surface area contributed by atoms with E-state index in [-0.39, 0.29) is 35.0 Å². The zero-order valence-electron chi connectivity index (χ0n) is 18.7. The van der Waals surface area contributed by atoms with Crippen LogP contribution in [-0.2, 0) is 4.79 Å². The van der Waals surface area contributed by atoms with E-state index in [1.54, 1.807) is 48.5 Å². The summed E-state index contributed by atoms with van der Waals surface area (Å²) in [6.45, 7) is 0.0478. The van der Waals surface area contributed by atoms with E-state index in [2.05, 4.69) is 10.6 Å². The largest absolute Gasteiger partial charge is 0.497 e. The molecule has 9 heteroatoms. The Kier molecular flexibility index (Phi) is 7.12. The molecule has 2 N–H and O–H groups in total. The molecule has 7 nitrogen and oxygen atoms in total. The summed E-state index contributed by atoms with van der Waals surface area (Å²) >= 11 is 5.73. The topological polar surface area (TPSA) is 89.4 Å². The van der Waals surface area contributed by atoms with Crippen molar-refractivity contribution in [3.05, 3.63) is 99.7 Å². The van der Waals surface area contributed by atoms with E-state index in [4.69, 9.17) is 16.3 Å². The van der Waals surface area contributed by atoms with Crippen molar-refractivity contribution < 1.29 is 18.7 Å². The molecular weight excluding hydrogens is 473 g/mol. The maximum Gasteiger partial charge on any atom is 0.262 e. The molecule has 2 amide bonds. The molecule has 0 aliphatic heterocycles. The van der Waals surface area contributed by atoms with Crippen molar-refractivity contribution in [1.82, 2.24) is 9.88 Å². The summed E-state index contributed by atoms with van der Waals surface area (Å²) < 4.78 is 19.9. The smallest absolute Gasteiger partial charge is 0.262 e. The molecule has 0 radical (unpaired) electrons. The van der Waals surface area contributed by atoms with E-state index in [1.807, 2.05) is 0 Å². The van der Waals surface area contributed by atoms with E-state index >= 15 is 0 Å². The highest BCUT2D eigenvalue weighted by Crippen LogP contribution is 2.21. The molecule has 0 saturated heterocycles. The van der Waals surface area contributed by atoms with Crippen LogP contribution in [0.15, 0.2) is 77.7 Å². The van der Waals surface area contributed by atoms with Crippen molar-refractivity contribution in [3.63, 3.8) is 0 Å². The van der Waals surface area contributed by atoms with Gasteiger partial charge in [-0.05, 0) is 36.4 Å². The number of nitrogens with zero attached hydrogens (tertiary/aromatic N) is 1. The van der Waals surface area contributed by atoms with Gasteiger partial charge in [0.15, 0.2) is 0 Å². The number of ether oxygens (including phenoxy) is 1. The molecule has 1 aromatic heterocycles. The molecule has 0 aliphatic rings. The van der Waals surface area contributed by atoms with Crippen molar-refractivity contribution in [1.29, 1.82) is 0 Å². The molecule has 1 heterocycles. The van der Waals surface area contributed by atoms with Crippen LogP contribution in [0.1, 0.15) is 16.8 Å². The van der Waals surface area contributed by atoms with Crippen molar-refractivity contribution >= 4 is 39.9 Å². The van der Waals surface area contributed by atoms with Crippen LogP contribution in [0, 0.1) is 5.82 Å². The maximum atomic E-state index is 13.3. The Morgan fingerprint density at radius 2 is 1.80 bits per heavy atom. The molecule has 178 valence electrons. The fourth-order valence-electron chi connectivity index (χ4n) is 3.61. The van der Waals surface area contributed by atoms with Gasteiger partial charge < -0.3 is 15.4 Å². The third-order valence-corrected chi connectivity index (χ3v) is 5.63. The van der Waals surface area contributed by atoms with Crippen LogP contribution in [0.5, 0.6) is 5.75 Å². The second kappa shape index (κ2) is 10.4. The zero-order chi connectivity index (χ0) is 24.9. The van der Waals surface area contributed by atoms with Crippen LogP contribution in [0.3, 0.4) is 0 Å². The Balaban J connectivity index is 1.54. The molecule has 4 aromatic rings. The number of methoxy groups -OCH3 is 1. The Morgan fingerprint density at radius 3 is 2.54 bits per heavy atom. The van der Waals surface area contributed by atoms with E-state index < -0.39 is 11.7 Å². The van der Waals surface area contributed by atoms with E-state index in [0.717, 1.165) is 6.07 Å². The third-order valence-electron chi connectivity index (χ3n) is 5.34. The number of pyridine rings is 1. The number of benzene rings is 3. The first-order valence-electron chi connectivity index (χ1n) is 10.7. The van der Waals surface area contributed by atoms with Crippen molar-refractivity contribution in [2.45, 2.75) is 6.42 Å². The van der Waals surface area contributed by atoms with Gasteiger partial charge in [-0.25, -0.2) is 4.39 Å². The average Bonchev–Trinajstić information content (AvgIpc) is 2.86. The van der Waals surface area contributed by atoms with E-state index in [0.29, 0.717) is 27.9 Å². The number of halogens is 2. The summed E-state index contributed by atoms with van der Waals surface area (Å²) in [5, 5.41) is 6.11. The highest BCUT2D eigenvalue weighted by molar-refractivity contribution is 6.31. The molecular formula is C26H21ClFN3O4. The highest BCUT2D eigenvalue weighted by atomic mass is 35.5. The monoisotopic (exact) mass is 493 g/mol. The second-order valence-corrected chi connectivity index (χ2v) is 8.06. The molecule has 0 spiro atoms. The van der Waals surface area contributed by atoms with Crippen LogP contribution in [0.25, 0.3) is 16.5 Å². The Bertz CT molecular complexity index is 1490. The first-order chi connectivity index (χ1) is 16.9. The molecule has 0 fully saturated rings. The SMILES string of the molecule is COc1cccc(-n2cc(C(=O)NCCC(=O)Nc3ccc(F)c(Cl)c3)c3ccccc3c2=O)c1. The van der Waals surface area contributed by atoms with Crippen molar-refractivity contribution in [2.75, 3.05) is 19.0 Å². The fourth-order valence-corrected chi connectivity index (χ4v) is 3.79. The van der Waals surface area contributed by atoms with Gasteiger partial charge in [-0.3, -0.25) is 19.0 Å². The number of aromatic nitrogens is 1. The molecule has 0 saturated carbocycles. The van der Waals surface area contributed by atoms with Gasteiger partial charge >= 0.3 is 0 Å². The number of hydrogen-bond donors (Lipinski definition) is 2. The Morgan fingerprint density at radius 1 is 1.03 bits per heavy atom. The summed E-state index contributed by atoms with van der Waals surface area (Å²) in [4.78, 5) is 38.4. The molecule has 0 atom stereocenters. The molecule has 0 aliphatic carbocycles. The number of amides is 2. The number of carbonyl (C=O) groups excluding carboxylic acids is 2. The Labute approximate surface area is 205 Å². The lowest BCUT2D eigenvalue weighted by molar-refractivity contribution is -0.116. The normalized spacial score (nSPS) is 10.7. The van der Waals surface area contributed by atoms with Crippen LogP contribution in [0.2, 0.25) is 5.02 Å². The van der Waals surface area contributed by atoms with E-state index in [9.17, 15) is 18.8 Å². The van der Waals surface area contributed by atoms with Gasteiger partial charge in [-0.1, -0.05) is 35.9 Å². The van der Waals surface area contributed by atoms with Crippen molar-refractivity contribution in [3.8, 4) is 11.4 Å². The summed E-state index contributed by atoms with van der Waals surface area (Å²) in [6, 6.07) is 17.6. The predicted molar refractivity (Wildman–Crippen MR) is 133 cm³/mol. The second-order valence-electron chi connectivity index (χ2n) is 7.65. The van der Waals surface area contributed by atoms with Gasteiger partial charge in [-0.2, -0.15) is 0 Å². The summed E-state index contributed by atoms with van der Waals surface area (Å²) in [6.07, 6.45) is 1.46. The minimum absolute atomic E-state index is 0.0197. The minimum Gasteiger partial charge on any atom is -0.497 e. The number of nitrogens with one attached hydrogen (secondary N) is 2. The van der Waals surface area contributed by atoms with E-state index in [1.165, 1.54) is 30.0 Å². The van der Waals surface area contributed by atoms with Crippen LogP contribution in [-0.4, -0.2) is 30.0 Å². The molecule has 0 unspecified atom stereocenters. The first kappa shape index (κ1) is 24.0. The van der Waals surface area contributed by atoms with Crippen LogP contribution >= 0.6 is 11.6 Å². The maximum absolute atomic E-state index is 13.3. The molecule has 35 heavy (non-hydrogen) atoms. The lowest BCUT2D eigenvalue weighted by atomic mass is 10.1. The quantitative estimate of drug-likeness (QED) is 0.395. The number of fused-ring (bicyclic) bond motifs is 1. The molecule has 3 aromatic carbocycles. The van der Waals surface area contributed by atoms with Gasteiger partial charge in [0.1, 0.15) is 11.6 Å². The fraction of sp³-hybridized carbons (Fsp3) is 0.115. The molecule has 4 rings (SSSR count). The minimum atomic E-state index is -0.584. The first-order valence-corrected chi connectivity index (χ1v) is 11.1. The highest BCUT2D eigenvalue weighted by Gasteiger charge is 2.16. The summed E-state index contributed by atoms with van der Waals surface area (Å²) in [5.41, 5.74) is 0.909. The number of anilines is 1. The van der Waals surface area contributed by atoms with Gasteiger partial charge in [0.2, 0.25) is 5.91 Å². The predicted octanol–water partition coefficient (Wildman–Crippen LogP) is 4.55.